The Balaban J connectivity index is 2.46. The van der Waals surface area contributed by atoms with Crippen molar-refractivity contribution >= 4 is 11.7 Å². The number of rotatable bonds is 4. The van der Waals surface area contributed by atoms with Crippen LogP contribution in [0.3, 0.4) is 0 Å². The number of methoxy groups -OCH3 is 2. The second-order valence-corrected chi connectivity index (χ2v) is 4.04. The van der Waals surface area contributed by atoms with Gasteiger partial charge in [0, 0.05) is 24.8 Å². The molecule has 0 aliphatic carbocycles. The van der Waals surface area contributed by atoms with Crippen LogP contribution < -0.4 is 14.8 Å². The Morgan fingerprint density at radius 1 is 1.20 bits per heavy atom. The Labute approximate surface area is 116 Å². The van der Waals surface area contributed by atoms with Crippen LogP contribution in [-0.4, -0.2) is 30.1 Å². The van der Waals surface area contributed by atoms with E-state index in [9.17, 15) is 4.79 Å². The van der Waals surface area contributed by atoms with Crippen LogP contribution in [0.25, 0.3) is 11.1 Å². The topological polar surface area (TPSA) is 73.3 Å². The molecule has 0 aromatic carbocycles. The molecule has 0 aliphatic rings. The van der Waals surface area contributed by atoms with E-state index in [1.807, 2.05) is 6.07 Å². The molecule has 2 aromatic rings. The third-order valence-corrected chi connectivity index (χ3v) is 2.65. The highest BCUT2D eigenvalue weighted by Gasteiger charge is 2.10. The fraction of sp³-hybridized carbons (Fsp3) is 0.214. The standard InChI is InChI=1S/C14H15N3O3/c1-9(18)17-13-6-10(4-5-15-13)11-7-14(20-3)16-8-12(11)19-2/h4-8H,1-3H3,(H,15,17,18). The van der Waals surface area contributed by atoms with E-state index in [1.54, 1.807) is 38.7 Å². The van der Waals surface area contributed by atoms with Gasteiger partial charge in [0.05, 0.1) is 20.4 Å². The number of anilines is 1. The maximum Gasteiger partial charge on any atom is 0.222 e. The quantitative estimate of drug-likeness (QED) is 0.923. The molecule has 0 radical (unpaired) electrons. The second kappa shape index (κ2) is 6.01. The predicted octanol–water partition coefficient (Wildman–Crippen LogP) is 2.12. The number of carbonyl (C=O) groups is 1. The molecule has 20 heavy (non-hydrogen) atoms. The zero-order chi connectivity index (χ0) is 14.5. The van der Waals surface area contributed by atoms with E-state index in [2.05, 4.69) is 15.3 Å². The first-order valence-corrected chi connectivity index (χ1v) is 5.96. The summed E-state index contributed by atoms with van der Waals surface area (Å²) < 4.78 is 10.4. The van der Waals surface area contributed by atoms with Crippen molar-refractivity contribution in [2.75, 3.05) is 19.5 Å². The molecule has 0 unspecified atom stereocenters. The third kappa shape index (κ3) is 3.03. The Bertz CT molecular complexity index is 629. The molecule has 0 atom stereocenters. The lowest BCUT2D eigenvalue weighted by Crippen LogP contribution is -2.07. The molecule has 2 heterocycles. The third-order valence-electron chi connectivity index (χ3n) is 2.65. The van der Waals surface area contributed by atoms with Gasteiger partial charge < -0.3 is 14.8 Å². The summed E-state index contributed by atoms with van der Waals surface area (Å²) >= 11 is 0. The highest BCUT2D eigenvalue weighted by atomic mass is 16.5. The van der Waals surface area contributed by atoms with Crippen LogP contribution in [0, 0.1) is 0 Å². The molecule has 0 spiro atoms. The number of carbonyl (C=O) groups excluding carboxylic acids is 1. The molecule has 0 aliphatic heterocycles. The summed E-state index contributed by atoms with van der Waals surface area (Å²) in [5, 5.41) is 2.64. The van der Waals surface area contributed by atoms with Crippen molar-refractivity contribution in [1.29, 1.82) is 0 Å². The molecule has 0 saturated heterocycles. The smallest absolute Gasteiger partial charge is 0.222 e. The van der Waals surface area contributed by atoms with Crippen molar-refractivity contribution in [3.63, 3.8) is 0 Å². The van der Waals surface area contributed by atoms with E-state index in [1.165, 1.54) is 6.92 Å². The van der Waals surface area contributed by atoms with Crippen LogP contribution in [0.2, 0.25) is 0 Å². The van der Waals surface area contributed by atoms with Crippen LogP contribution in [0.1, 0.15) is 6.92 Å². The van der Waals surface area contributed by atoms with E-state index in [0.717, 1.165) is 11.1 Å². The van der Waals surface area contributed by atoms with Gasteiger partial charge in [0.2, 0.25) is 11.8 Å². The van der Waals surface area contributed by atoms with Gasteiger partial charge in [-0.3, -0.25) is 4.79 Å². The van der Waals surface area contributed by atoms with Gasteiger partial charge in [0.25, 0.3) is 0 Å². The van der Waals surface area contributed by atoms with Gasteiger partial charge in [-0.05, 0) is 17.7 Å². The van der Waals surface area contributed by atoms with E-state index < -0.39 is 0 Å². The summed E-state index contributed by atoms with van der Waals surface area (Å²) in [6.07, 6.45) is 3.21. The fourth-order valence-electron chi connectivity index (χ4n) is 1.77. The molecular weight excluding hydrogens is 258 g/mol. The molecule has 0 saturated carbocycles. The zero-order valence-electron chi connectivity index (χ0n) is 11.5. The molecule has 1 amide bonds. The first-order chi connectivity index (χ1) is 9.63. The van der Waals surface area contributed by atoms with Crippen LogP contribution >= 0.6 is 0 Å². The number of hydrogen-bond donors (Lipinski definition) is 1. The van der Waals surface area contributed by atoms with Gasteiger partial charge in [-0.25, -0.2) is 9.97 Å². The second-order valence-electron chi connectivity index (χ2n) is 4.04. The number of hydrogen-bond acceptors (Lipinski definition) is 5. The minimum Gasteiger partial charge on any atom is -0.494 e. The molecule has 2 rings (SSSR count). The van der Waals surface area contributed by atoms with E-state index in [-0.39, 0.29) is 5.91 Å². The van der Waals surface area contributed by atoms with Crippen LogP contribution in [0.4, 0.5) is 5.82 Å². The summed E-state index contributed by atoms with van der Waals surface area (Å²) in [7, 11) is 3.12. The molecule has 6 nitrogen and oxygen atoms in total. The number of ether oxygens (including phenoxy) is 2. The van der Waals surface area contributed by atoms with Gasteiger partial charge in [-0.15, -0.1) is 0 Å². The lowest BCUT2D eigenvalue weighted by atomic mass is 10.1. The average molecular weight is 273 g/mol. The summed E-state index contributed by atoms with van der Waals surface area (Å²) in [4.78, 5) is 19.3. The summed E-state index contributed by atoms with van der Waals surface area (Å²) in [5.41, 5.74) is 1.66. The molecular formula is C14H15N3O3. The molecule has 104 valence electrons. The Kier molecular flexibility index (Phi) is 4.14. The first kappa shape index (κ1) is 13.8. The highest BCUT2D eigenvalue weighted by Crippen LogP contribution is 2.32. The molecule has 6 heteroatoms. The predicted molar refractivity (Wildman–Crippen MR) is 74.9 cm³/mol. The summed E-state index contributed by atoms with van der Waals surface area (Å²) in [5.74, 6) is 1.41. The van der Waals surface area contributed by atoms with Gasteiger partial charge in [-0.2, -0.15) is 0 Å². The first-order valence-electron chi connectivity index (χ1n) is 5.96. The van der Waals surface area contributed by atoms with Gasteiger partial charge in [-0.1, -0.05) is 0 Å². The van der Waals surface area contributed by atoms with Gasteiger partial charge >= 0.3 is 0 Å². The minimum absolute atomic E-state index is 0.172. The monoisotopic (exact) mass is 273 g/mol. The number of nitrogens with zero attached hydrogens (tertiary/aromatic N) is 2. The zero-order valence-corrected chi connectivity index (χ0v) is 11.5. The summed E-state index contributed by atoms with van der Waals surface area (Å²) in [6.45, 7) is 1.43. The lowest BCUT2D eigenvalue weighted by molar-refractivity contribution is -0.114. The largest absolute Gasteiger partial charge is 0.494 e. The van der Waals surface area contributed by atoms with Crippen LogP contribution in [0.5, 0.6) is 11.6 Å². The molecule has 2 aromatic heterocycles. The molecule has 0 fully saturated rings. The van der Waals surface area contributed by atoms with Gasteiger partial charge in [0.1, 0.15) is 11.6 Å². The van der Waals surface area contributed by atoms with Crippen LogP contribution in [0.15, 0.2) is 30.6 Å². The van der Waals surface area contributed by atoms with E-state index >= 15 is 0 Å². The average Bonchev–Trinajstić information content (AvgIpc) is 2.46. The van der Waals surface area contributed by atoms with Crippen molar-refractivity contribution in [2.24, 2.45) is 0 Å². The Morgan fingerprint density at radius 2 is 2.00 bits per heavy atom. The van der Waals surface area contributed by atoms with E-state index in [4.69, 9.17) is 9.47 Å². The van der Waals surface area contributed by atoms with Crippen molar-refractivity contribution < 1.29 is 14.3 Å². The van der Waals surface area contributed by atoms with Crippen molar-refractivity contribution in [2.45, 2.75) is 6.92 Å². The van der Waals surface area contributed by atoms with Crippen molar-refractivity contribution in [3.8, 4) is 22.8 Å². The summed E-state index contributed by atoms with van der Waals surface area (Å²) in [6, 6.07) is 5.35. The van der Waals surface area contributed by atoms with Crippen molar-refractivity contribution in [1.82, 2.24) is 9.97 Å². The van der Waals surface area contributed by atoms with E-state index in [0.29, 0.717) is 17.4 Å². The number of aromatic nitrogens is 2. The highest BCUT2D eigenvalue weighted by molar-refractivity contribution is 5.88. The Hall–Kier alpha value is -2.63. The van der Waals surface area contributed by atoms with Crippen molar-refractivity contribution in [3.05, 3.63) is 30.6 Å². The maximum absolute atomic E-state index is 11.1. The lowest BCUT2D eigenvalue weighted by Gasteiger charge is -2.10. The normalized spacial score (nSPS) is 9.95. The number of nitrogens with one attached hydrogen (secondary N) is 1. The maximum atomic E-state index is 11.1. The van der Waals surface area contributed by atoms with Crippen LogP contribution in [-0.2, 0) is 4.79 Å². The molecule has 0 bridgehead atoms. The number of pyridine rings is 2. The van der Waals surface area contributed by atoms with Gasteiger partial charge in [0.15, 0.2) is 0 Å². The fourth-order valence-corrected chi connectivity index (χ4v) is 1.77. The molecule has 1 N–H and O–H groups in total. The SMILES string of the molecule is COc1cc(-c2ccnc(NC(C)=O)c2)c(OC)cn1. The Morgan fingerprint density at radius 3 is 2.65 bits per heavy atom. The minimum atomic E-state index is -0.172. The number of amides is 1.